The van der Waals surface area contributed by atoms with Crippen molar-refractivity contribution in [3.05, 3.63) is 29.6 Å². The van der Waals surface area contributed by atoms with Crippen molar-refractivity contribution in [2.45, 2.75) is 31.3 Å². The van der Waals surface area contributed by atoms with Crippen LogP contribution in [0, 0.1) is 5.92 Å². The SMILES string of the molecule is CC(C)C(Br)Cc1cccc(C(F)(F)F)n1. The average Bonchev–Trinajstić information content (AvgIpc) is 2.16. The molecular weight excluding hydrogens is 283 g/mol. The van der Waals surface area contributed by atoms with Gasteiger partial charge in [0.2, 0.25) is 0 Å². The van der Waals surface area contributed by atoms with Crippen molar-refractivity contribution in [1.82, 2.24) is 4.98 Å². The maximum Gasteiger partial charge on any atom is 0.433 e. The Morgan fingerprint density at radius 3 is 2.44 bits per heavy atom. The van der Waals surface area contributed by atoms with Gasteiger partial charge < -0.3 is 0 Å². The van der Waals surface area contributed by atoms with Crippen molar-refractivity contribution in [2.24, 2.45) is 5.92 Å². The minimum absolute atomic E-state index is 0.142. The summed E-state index contributed by atoms with van der Waals surface area (Å²) >= 11 is 3.43. The van der Waals surface area contributed by atoms with Crippen LogP contribution in [0.3, 0.4) is 0 Å². The standard InChI is InChI=1S/C11H13BrF3N/c1-7(2)9(12)6-8-4-3-5-10(16-8)11(13,14)15/h3-5,7,9H,6H2,1-2H3. The zero-order valence-electron chi connectivity index (χ0n) is 9.05. The Bertz CT molecular complexity index is 349. The van der Waals surface area contributed by atoms with Crippen LogP contribution < -0.4 is 0 Å². The van der Waals surface area contributed by atoms with Gasteiger partial charge >= 0.3 is 6.18 Å². The number of hydrogen-bond donors (Lipinski definition) is 0. The zero-order valence-corrected chi connectivity index (χ0v) is 10.6. The van der Waals surface area contributed by atoms with Gasteiger partial charge in [0, 0.05) is 16.9 Å². The molecule has 1 nitrogen and oxygen atoms in total. The molecule has 90 valence electrons. The van der Waals surface area contributed by atoms with E-state index >= 15 is 0 Å². The Labute approximate surface area is 101 Å². The topological polar surface area (TPSA) is 12.9 Å². The molecule has 1 unspecified atom stereocenters. The Kier molecular flexibility index (Phi) is 4.35. The van der Waals surface area contributed by atoms with E-state index in [1.165, 1.54) is 6.07 Å². The lowest BCUT2D eigenvalue weighted by molar-refractivity contribution is -0.141. The normalized spacial score (nSPS) is 14.2. The Morgan fingerprint density at radius 1 is 1.31 bits per heavy atom. The summed E-state index contributed by atoms with van der Waals surface area (Å²) in [4.78, 5) is 3.75. The molecule has 0 aliphatic rings. The molecule has 0 fully saturated rings. The second-order valence-electron chi connectivity index (χ2n) is 3.98. The first-order chi connectivity index (χ1) is 7.30. The second-order valence-corrected chi connectivity index (χ2v) is 5.15. The molecule has 0 spiro atoms. The summed E-state index contributed by atoms with van der Waals surface area (Å²) in [6.07, 6.45) is -3.86. The monoisotopic (exact) mass is 295 g/mol. The van der Waals surface area contributed by atoms with E-state index in [4.69, 9.17) is 0 Å². The van der Waals surface area contributed by atoms with Crippen LogP contribution >= 0.6 is 15.9 Å². The molecule has 0 saturated carbocycles. The van der Waals surface area contributed by atoms with E-state index in [1.54, 1.807) is 6.07 Å². The van der Waals surface area contributed by atoms with Gasteiger partial charge in [0.15, 0.2) is 0 Å². The van der Waals surface area contributed by atoms with E-state index in [1.807, 2.05) is 13.8 Å². The minimum Gasteiger partial charge on any atom is -0.248 e. The number of rotatable bonds is 3. The molecule has 0 aromatic carbocycles. The van der Waals surface area contributed by atoms with Gasteiger partial charge in [-0.3, -0.25) is 0 Å². The van der Waals surface area contributed by atoms with Crippen molar-refractivity contribution in [3.63, 3.8) is 0 Å². The lowest BCUT2D eigenvalue weighted by atomic mass is 10.1. The van der Waals surface area contributed by atoms with Crippen LogP contribution in [0.4, 0.5) is 13.2 Å². The second kappa shape index (κ2) is 5.17. The van der Waals surface area contributed by atoms with E-state index in [2.05, 4.69) is 20.9 Å². The van der Waals surface area contributed by atoms with Gasteiger partial charge in [-0.1, -0.05) is 35.8 Å². The molecule has 0 bridgehead atoms. The van der Waals surface area contributed by atoms with Crippen molar-refractivity contribution in [3.8, 4) is 0 Å². The molecule has 0 N–H and O–H groups in total. The fraction of sp³-hybridized carbons (Fsp3) is 0.545. The first kappa shape index (κ1) is 13.5. The quantitative estimate of drug-likeness (QED) is 0.766. The fourth-order valence-electron chi connectivity index (χ4n) is 1.19. The third-order valence-corrected chi connectivity index (χ3v) is 3.61. The van der Waals surface area contributed by atoms with E-state index in [0.717, 1.165) is 6.07 Å². The summed E-state index contributed by atoms with van der Waals surface area (Å²) in [5.41, 5.74) is -0.362. The molecule has 0 amide bonds. The van der Waals surface area contributed by atoms with Gasteiger partial charge in [-0.05, 0) is 18.1 Å². The number of aromatic nitrogens is 1. The molecule has 0 radical (unpaired) electrons. The van der Waals surface area contributed by atoms with E-state index < -0.39 is 11.9 Å². The van der Waals surface area contributed by atoms with Crippen molar-refractivity contribution in [2.75, 3.05) is 0 Å². The third kappa shape index (κ3) is 3.77. The molecule has 1 atom stereocenters. The molecule has 1 heterocycles. The maximum absolute atomic E-state index is 12.4. The van der Waals surface area contributed by atoms with Gasteiger partial charge in [0.1, 0.15) is 5.69 Å². The predicted molar refractivity (Wildman–Crippen MR) is 60.5 cm³/mol. The molecular formula is C11H13BrF3N. The minimum atomic E-state index is -4.37. The van der Waals surface area contributed by atoms with Crippen molar-refractivity contribution in [1.29, 1.82) is 0 Å². The predicted octanol–water partition coefficient (Wildman–Crippen LogP) is 4.06. The van der Waals surface area contributed by atoms with Crippen LogP contribution in [-0.4, -0.2) is 9.81 Å². The summed E-state index contributed by atoms with van der Waals surface area (Å²) in [5, 5.41) is 0. The number of halogens is 4. The summed E-state index contributed by atoms with van der Waals surface area (Å²) in [6.45, 7) is 4.01. The number of alkyl halides is 4. The number of hydrogen-bond acceptors (Lipinski definition) is 1. The molecule has 1 aromatic heterocycles. The van der Waals surface area contributed by atoms with Crippen LogP contribution in [0.1, 0.15) is 25.2 Å². The highest BCUT2D eigenvalue weighted by Crippen LogP contribution is 2.28. The molecule has 0 aliphatic heterocycles. The van der Waals surface area contributed by atoms with E-state index in [9.17, 15) is 13.2 Å². The smallest absolute Gasteiger partial charge is 0.248 e. The van der Waals surface area contributed by atoms with Crippen LogP contribution in [0.2, 0.25) is 0 Å². The van der Waals surface area contributed by atoms with Crippen LogP contribution in [0.25, 0.3) is 0 Å². The van der Waals surface area contributed by atoms with Gasteiger partial charge in [0.25, 0.3) is 0 Å². The first-order valence-electron chi connectivity index (χ1n) is 4.98. The fourth-order valence-corrected chi connectivity index (χ4v) is 1.52. The maximum atomic E-state index is 12.4. The highest BCUT2D eigenvalue weighted by Gasteiger charge is 2.32. The molecule has 1 rings (SSSR count). The zero-order chi connectivity index (χ0) is 12.3. The van der Waals surface area contributed by atoms with Crippen molar-refractivity contribution >= 4 is 15.9 Å². The van der Waals surface area contributed by atoms with Gasteiger partial charge in [-0.25, -0.2) is 4.98 Å². The van der Waals surface area contributed by atoms with E-state index in [0.29, 0.717) is 18.0 Å². The average molecular weight is 296 g/mol. The van der Waals surface area contributed by atoms with Gasteiger partial charge in [-0.2, -0.15) is 13.2 Å². The summed E-state index contributed by atoms with van der Waals surface area (Å²) in [6, 6.07) is 4.00. The third-order valence-electron chi connectivity index (χ3n) is 2.22. The Morgan fingerprint density at radius 2 is 1.94 bits per heavy atom. The van der Waals surface area contributed by atoms with Crippen LogP contribution in [0.15, 0.2) is 18.2 Å². The van der Waals surface area contributed by atoms with Crippen LogP contribution in [0.5, 0.6) is 0 Å². The van der Waals surface area contributed by atoms with E-state index in [-0.39, 0.29) is 4.83 Å². The van der Waals surface area contributed by atoms with Gasteiger partial charge in [-0.15, -0.1) is 0 Å². The lowest BCUT2D eigenvalue weighted by Gasteiger charge is -2.14. The molecule has 5 heteroatoms. The first-order valence-corrected chi connectivity index (χ1v) is 5.89. The Balaban J connectivity index is 2.83. The summed E-state index contributed by atoms with van der Waals surface area (Å²) < 4.78 is 37.2. The number of nitrogens with zero attached hydrogens (tertiary/aromatic N) is 1. The Hall–Kier alpha value is -0.580. The summed E-state index contributed by atoms with van der Waals surface area (Å²) in [7, 11) is 0. The van der Waals surface area contributed by atoms with Gasteiger partial charge in [0.05, 0.1) is 0 Å². The molecule has 0 aliphatic carbocycles. The molecule has 1 aromatic rings. The largest absolute Gasteiger partial charge is 0.433 e. The molecule has 16 heavy (non-hydrogen) atoms. The highest BCUT2D eigenvalue weighted by molar-refractivity contribution is 9.09. The summed E-state index contributed by atoms with van der Waals surface area (Å²) in [5.74, 6) is 0.358. The lowest BCUT2D eigenvalue weighted by Crippen LogP contribution is -2.14. The van der Waals surface area contributed by atoms with Crippen LogP contribution in [-0.2, 0) is 12.6 Å². The van der Waals surface area contributed by atoms with Crippen molar-refractivity contribution < 1.29 is 13.2 Å². The highest BCUT2D eigenvalue weighted by atomic mass is 79.9. The number of pyridine rings is 1. The molecule has 0 saturated heterocycles.